The lowest BCUT2D eigenvalue weighted by Crippen LogP contribution is -2.35. The Morgan fingerprint density at radius 3 is 2.54 bits per heavy atom. The van der Waals surface area contributed by atoms with Crippen LogP contribution in [0.15, 0.2) is 29.2 Å². The van der Waals surface area contributed by atoms with Gasteiger partial charge in [0.1, 0.15) is 0 Å². The molecule has 2 aliphatic heterocycles. The zero-order valence-electron chi connectivity index (χ0n) is 13.1. The van der Waals surface area contributed by atoms with Gasteiger partial charge < -0.3 is 5.32 Å². The lowest BCUT2D eigenvalue weighted by molar-refractivity contribution is 0.0941. The first-order chi connectivity index (χ1) is 11.3. The molecule has 0 aromatic heterocycles. The highest BCUT2D eigenvalue weighted by Crippen LogP contribution is 2.22. The third-order valence-corrected chi connectivity index (χ3v) is 8.03. The van der Waals surface area contributed by atoms with Crippen molar-refractivity contribution in [1.82, 2.24) is 9.62 Å². The molecule has 1 atom stereocenters. The van der Waals surface area contributed by atoms with Crippen molar-refractivity contribution >= 4 is 25.8 Å². The third kappa shape index (κ3) is 3.62. The standard InChI is InChI=1S/C15H20N2O5S2/c18-15(16-13-6-9-23(19,20)11-13)12-4-3-5-14(10-12)24(21,22)17-7-1-2-8-17/h3-5,10,13H,1-2,6-9,11H2,(H,16,18)/t13-/m1/s1. The van der Waals surface area contributed by atoms with Gasteiger partial charge in [-0.1, -0.05) is 6.07 Å². The molecular weight excluding hydrogens is 352 g/mol. The van der Waals surface area contributed by atoms with E-state index in [1.54, 1.807) is 0 Å². The Balaban J connectivity index is 1.76. The number of nitrogens with zero attached hydrogens (tertiary/aromatic N) is 1. The van der Waals surface area contributed by atoms with Crippen molar-refractivity contribution in [3.8, 4) is 0 Å². The summed E-state index contributed by atoms with van der Waals surface area (Å²) < 4.78 is 49.4. The number of sulfone groups is 1. The van der Waals surface area contributed by atoms with Crippen molar-refractivity contribution in [3.05, 3.63) is 29.8 Å². The maximum atomic E-state index is 12.6. The molecule has 0 spiro atoms. The minimum atomic E-state index is -3.58. The molecule has 2 fully saturated rings. The highest BCUT2D eigenvalue weighted by atomic mass is 32.2. The van der Waals surface area contributed by atoms with E-state index in [0.29, 0.717) is 19.5 Å². The van der Waals surface area contributed by atoms with Crippen LogP contribution in [0.1, 0.15) is 29.6 Å². The van der Waals surface area contributed by atoms with Gasteiger partial charge in [0.2, 0.25) is 10.0 Å². The summed E-state index contributed by atoms with van der Waals surface area (Å²) in [6.07, 6.45) is 2.07. The van der Waals surface area contributed by atoms with E-state index in [4.69, 9.17) is 0 Å². The van der Waals surface area contributed by atoms with Crippen molar-refractivity contribution in [1.29, 1.82) is 0 Å². The van der Waals surface area contributed by atoms with Crippen LogP contribution in [0.4, 0.5) is 0 Å². The van der Waals surface area contributed by atoms with Crippen LogP contribution in [0.5, 0.6) is 0 Å². The van der Waals surface area contributed by atoms with Crippen LogP contribution in [0.25, 0.3) is 0 Å². The van der Waals surface area contributed by atoms with Gasteiger partial charge in [-0.25, -0.2) is 16.8 Å². The minimum absolute atomic E-state index is 0.0650. The van der Waals surface area contributed by atoms with Crippen molar-refractivity contribution in [2.24, 2.45) is 0 Å². The summed E-state index contributed by atoms with van der Waals surface area (Å²) in [4.78, 5) is 12.4. The first kappa shape index (κ1) is 17.4. The molecular formula is C15H20N2O5S2. The van der Waals surface area contributed by atoms with Gasteiger partial charge >= 0.3 is 0 Å². The molecule has 0 saturated carbocycles. The number of nitrogens with one attached hydrogen (secondary N) is 1. The Morgan fingerprint density at radius 1 is 1.21 bits per heavy atom. The normalized spacial score (nSPS) is 24.1. The molecule has 1 amide bonds. The van der Waals surface area contributed by atoms with Gasteiger partial charge in [0.05, 0.1) is 16.4 Å². The Hall–Kier alpha value is -1.45. The Bertz CT molecular complexity index is 842. The Kier molecular flexibility index (Phi) is 4.67. The van der Waals surface area contributed by atoms with Crippen LogP contribution >= 0.6 is 0 Å². The number of benzene rings is 1. The maximum absolute atomic E-state index is 12.6. The smallest absolute Gasteiger partial charge is 0.251 e. The molecule has 2 saturated heterocycles. The lowest BCUT2D eigenvalue weighted by Gasteiger charge is -2.16. The summed E-state index contributed by atoms with van der Waals surface area (Å²) in [5.74, 6) is -0.443. The SMILES string of the molecule is O=C(N[C@@H]1CCS(=O)(=O)C1)c1cccc(S(=O)(=O)N2CCCC2)c1. The molecule has 1 aromatic rings. The monoisotopic (exact) mass is 372 g/mol. The number of amides is 1. The van der Waals surface area contributed by atoms with Crippen LogP contribution < -0.4 is 5.32 Å². The van der Waals surface area contributed by atoms with Gasteiger partial charge in [-0.3, -0.25) is 4.79 Å². The van der Waals surface area contributed by atoms with E-state index in [0.717, 1.165) is 12.8 Å². The van der Waals surface area contributed by atoms with Crippen molar-refractivity contribution < 1.29 is 21.6 Å². The topological polar surface area (TPSA) is 101 Å². The summed E-state index contributed by atoms with van der Waals surface area (Å²) in [5.41, 5.74) is 0.222. The Morgan fingerprint density at radius 2 is 1.92 bits per heavy atom. The van der Waals surface area contributed by atoms with Crippen LogP contribution in [0, 0.1) is 0 Å². The molecule has 1 N–H and O–H groups in total. The number of sulfonamides is 1. The molecule has 132 valence electrons. The fourth-order valence-corrected chi connectivity index (χ4v) is 6.29. The second-order valence-corrected chi connectivity index (χ2v) is 10.4. The van der Waals surface area contributed by atoms with Gasteiger partial charge in [-0.2, -0.15) is 4.31 Å². The van der Waals surface area contributed by atoms with Crippen LogP contribution in [0.2, 0.25) is 0 Å². The highest BCUT2D eigenvalue weighted by molar-refractivity contribution is 7.91. The predicted octanol–water partition coefficient (Wildman–Crippen LogP) is 0.388. The molecule has 2 heterocycles. The number of hydrogen-bond acceptors (Lipinski definition) is 5. The number of rotatable bonds is 4. The van der Waals surface area contributed by atoms with E-state index >= 15 is 0 Å². The molecule has 0 radical (unpaired) electrons. The molecule has 1 aromatic carbocycles. The summed E-state index contributed by atoms with van der Waals surface area (Å²) >= 11 is 0. The van der Waals surface area contributed by atoms with Gasteiger partial charge in [-0.05, 0) is 37.5 Å². The fourth-order valence-electron chi connectivity index (χ4n) is 3.05. The molecule has 0 unspecified atom stereocenters. The number of carbonyl (C=O) groups excluding carboxylic acids is 1. The largest absolute Gasteiger partial charge is 0.348 e. The molecule has 0 bridgehead atoms. The minimum Gasteiger partial charge on any atom is -0.348 e. The summed E-state index contributed by atoms with van der Waals surface area (Å²) in [7, 11) is -6.67. The second-order valence-electron chi connectivity index (χ2n) is 6.21. The summed E-state index contributed by atoms with van der Waals surface area (Å²) in [6.45, 7) is 0.997. The zero-order chi connectivity index (χ0) is 17.4. The van der Waals surface area contributed by atoms with E-state index in [1.807, 2.05) is 0 Å². The van der Waals surface area contributed by atoms with Crippen molar-refractivity contribution in [2.75, 3.05) is 24.6 Å². The lowest BCUT2D eigenvalue weighted by atomic mass is 10.2. The summed E-state index contributed by atoms with van der Waals surface area (Å²) in [6, 6.07) is 5.48. The van der Waals surface area contributed by atoms with Crippen LogP contribution in [-0.4, -0.2) is 57.7 Å². The average Bonchev–Trinajstić information content (AvgIpc) is 3.17. The molecule has 2 aliphatic rings. The van der Waals surface area contributed by atoms with E-state index in [2.05, 4.69) is 5.32 Å². The zero-order valence-corrected chi connectivity index (χ0v) is 14.8. The third-order valence-electron chi connectivity index (χ3n) is 4.37. The van der Waals surface area contributed by atoms with Crippen LogP contribution in [-0.2, 0) is 19.9 Å². The first-order valence-corrected chi connectivity index (χ1v) is 11.2. The Labute approximate surface area is 142 Å². The maximum Gasteiger partial charge on any atom is 0.251 e. The van der Waals surface area contributed by atoms with Gasteiger partial charge in [0.25, 0.3) is 5.91 Å². The molecule has 0 aliphatic carbocycles. The van der Waals surface area contributed by atoms with Crippen molar-refractivity contribution in [2.45, 2.75) is 30.2 Å². The predicted molar refractivity (Wildman–Crippen MR) is 89.0 cm³/mol. The molecule has 24 heavy (non-hydrogen) atoms. The quantitative estimate of drug-likeness (QED) is 0.824. The summed E-state index contributed by atoms with van der Waals surface area (Å²) in [5, 5.41) is 2.67. The van der Waals surface area contributed by atoms with E-state index in [-0.39, 0.29) is 22.0 Å². The van der Waals surface area contributed by atoms with E-state index < -0.39 is 31.8 Å². The molecule has 7 nitrogen and oxygen atoms in total. The highest BCUT2D eigenvalue weighted by Gasteiger charge is 2.30. The number of hydrogen-bond donors (Lipinski definition) is 1. The first-order valence-electron chi connectivity index (χ1n) is 7.89. The number of carbonyl (C=O) groups is 1. The second kappa shape index (κ2) is 6.45. The van der Waals surface area contributed by atoms with Crippen molar-refractivity contribution in [3.63, 3.8) is 0 Å². The fraction of sp³-hybridized carbons (Fsp3) is 0.533. The van der Waals surface area contributed by atoms with Gasteiger partial charge in [-0.15, -0.1) is 0 Å². The van der Waals surface area contributed by atoms with E-state index in [1.165, 1.54) is 28.6 Å². The molecule has 9 heteroatoms. The van der Waals surface area contributed by atoms with Crippen LogP contribution in [0.3, 0.4) is 0 Å². The van der Waals surface area contributed by atoms with Gasteiger partial charge in [0.15, 0.2) is 9.84 Å². The molecule has 3 rings (SSSR count). The average molecular weight is 372 g/mol. The van der Waals surface area contributed by atoms with E-state index in [9.17, 15) is 21.6 Å². The van der Waals surface area contributed by atoms with Gasteiger partial charge in [0, 0.05) is 24.7 Å².